The smallest absolute Gasteiger partial charge is 1.00 e. The Labute approximate surface area is 142 Å². The summed E-state index contributed by atoms with van der Waals surface area (Å²) in [6, 6.07) is 13.0. The molecular formula is C12H12Cl4Ti. The summed E-state index contributed by atoms with van der Waals surface area (Å²) in [5.74, 6) is 0. The summed E-state index contributed by atoms with van der Waals surface area (Å²) >= 11 is 0. The van der Waals surface area contributed by atoms with Crippen molar-refractivity contribution in [2.45, 2.75) is 13.8 Å². The third-order valence-corrected chi connectivity index (χ3v) is 2.36. The van der Waals surface area contributed by atoms with Crippen molar-refractivity contribution in [2.24, 2.45) is 0 Å². The van der Waals surface area contributed by atoms with E-state index < -0.39 is 0 Å². The van der Waals surface area contributed by atoms with Gasteiger partial charge in [0.25, 0.3) is 0 Å². The summed E-state index contributed by atoms with van der Waals surface area (Å²) < 4.78 is 0. The SMILES string of the molecule is Cc1cc2ccccc2cc1C.[Cl-].[Cl-].[Cl-].[Cl-].[Ti+4]. The molecule has 0 atom stereocenters. The minimum absolute atomic E-state index is 0. The molecule has 0 aliphatic rings. The van der Waals surface area contributed by atoms with Gasteiger partial charge < -0.3 is 49.6 Å². The van der Waals surface area contributed by atoms with Gasteiger partial charge in [-0.3, -0.25) is 0 Å². The van der Waals surface area contributed by atoms with Crippen LogP contribution in [0, 0.1) is 13.8 Å². The Hall–Kier alpha value is 0.574. The molecule has 0 fully saturated rings. The van der Waals surface area contributed by atoms with Gasteiger partial charge in [-0.1, -0.05) is 36.4 Å². The summed E-state index contributed by atoms with van der Waals surface area (Å²) in [6.45, 7) is 4.31. The zero-order valence-corrected chi connectivity index (χ0v) is 14.1. The minimum atomic E-state index is 0. The molecular weight excluding hydrogens is 334 g/mol. The van der Waals surface area contributed by atoms with Crippen molar-refractivity contribution >= 4 is 10.8 Å². The molecule has 5 heteroatoms. The van der Waals surface area contributed by atoms with Gasteiger partial charge in [0.15, 0.2) is 0 Å². The van der Waals surface area contributed by atoms with Crippen LogP contribution in [-0.4, -0.2) is 0 Å². The Bertz CT molecular complexity index is 391. The first-order valence-corrected chi connectivity index (χ1v) is 4.23. The van der Waals surface area contributed by atoms with Gasteiger partial charge >= 0.3 is 21.7 Å². The second-order valence-electron chi connectivity index (χ2n) is 3.28. The summed E-state index contributed by atoms with van der Waals surface area (Å²) in [6.07, 6.45) is 0. The van der Waals surface area contributed by atoms with E-state index in [1.807, 2.05) is 0 Å². The zero-order chi connectivity index (χ0) is 8.55. The molecule has 0 aliphatic carbocycles. The van der Waals surface area contributed by atoms with Crippen LogP contribution in [0.3, 0.4) is 0 Å². The Kier molecular flexibility index (Phi) is 18.0. The van der Waals surface area contributed by atoms with E-state index in [0.29, 0.717) is 0 Å². The maximum absolute atomic E-state index is 2.24. The van der Waals surface area contributed by atoms with Crippen LogP contribution in [0.1, 0.15) is 11.1 Å². The Morgan fingerprint density at radius 3 is 1.24 bits per heavy atom. The molecule has 92 valence electrons. The maximum Gasteiger partial charge on any atom is 4.00 e. The van der Waals surface area contributed by atoms with E-state index in [4.69, 9.17) is 0 Å². The fraction of sp³-hybridized carbons (Fsp3) is 0.167. The summed E-state index contributed by atoms with van der Waals surface area (Å²) in [7, 11) is 0. The standard InChI is InChI=1S/C12H12.4ClH.Ti/c1-9-7-11-5-3-4-6-12(11)8-10(9)2;;;;;/h3-8H,1-2H3;4*1H;/q;;;;;+4/p-4. The molecule has 0 spiro atoms. The van der Waals surface area contributed by atoms with Crippen molar-refractivity contribution < 1.29 is 71.3 Å². The molecule has 0 radical (unpaired) electrons. The van der Waals surface area contributed by atoms with Gasteiger partial charge in [0, 0.05) is 0 Å². The number of hydrogen-bond acceptors (Lipinski definition) is 0. The monoisotopic (exact) mass is 344 g/mol. The van der Waals surface area contributed by atoms with Crippen LogP contribution in [0.15, 0.2) is 36.4 Å². The molecule has 2 aromatic carbocycles. The number of rotatable bonds is 0. The molecule has 0 bridgehead atoms. The average molecular weight is 346 g/mol. The van der Waals surface area contributed by atoms with E-state index in [2.05, 4.69) is 50.2 Å². The first-order chi connectivity index (χ1) is 5.77. The molecule has 0 N–H and O–H groups in total. The molecule has 0 heterocycles. The van der Waals surface area contributed by atoms with E-state index in [1.54, 1.807) is 0 Å². The molecule has 17 heavy (non-hydrogen) atoms. The largest absolute Gasteiger partial charge is 4.00 e. The van der Waals surface area contributed by atoms with Crippen LogP contribution < -0.4 is 49.6 Å². The first-order valence-electron chi connectivity index (χ1n) is 4.23. The van der Waals surface area contributed by atoms with Gasteiger partial charge in [-0.2, -0.15) is 0 Å². The first kappa shape index (κ1) is 26.2. The van der Waals surface area contributed by atoms with E-state index >= 15 is 0 Å². The van der Waals surface area contributed by atoms with E-state index in [-0.39, 0.29) is 71.3 Å². The zero-order valence-electron chi connectivity index (χ0n) is 9.48. The van der Waals surface area contributed by atoms with Gasteiger partial charge in [0.2, 0.25) is 0 Å². The molecule has 0 saturated heterocycles. The van der Waals surface area contributed by atoms with Crippen molar-refractivity contribution in [1.82, 2.24) is 0 Å². The van der Waals surface area contributed by atoms with Crippen LogP contribution in [-0.2, 0) is 21.7 Å². The Balaban J connectivity index is -0.000000169. The van der Waals surface area contributed by atoms with Gasteiger partial charge in [-0.15, -0.1) is 0 Å². The van der Waals surface area contributed by atoms with E-state index in [1.165, 1.54) is 21.9 Å². The fourth-order valence-corrected chi connectivity index (χ4v) is 1.47. The molecule has 0 aromatic heterocycles. The third-order valence-electron chi connectivity index (χ3n) is 2.36. The van der Waals surface area contributed by atoms with Crippen molar-refractivity contribution in [3.63, 3.8) is 0 Å². The molecule has 0 amide bonds. The predicted molar refractivity (Wildman–Crippen MR) is 53.4 cm³/mol. The molecule has 0 aliphatic heterocycles. The van der Waals surface area contributed by atoms with Crippen LogP contribution in [0.2, 0.25) is 0 Å². The van der Waals surface area contributed by atoms with Crippen LogP contribution in [0.5, 0.6) is 0 Å². The van der Waals surface area contributed by atoms with E-state index in [0.717, 1.165) is 0 Å². The summed E-state index contributed by atoms with van der Waals surface area (Å²) in [5, 5.41) is 2.67. The number of fused-ring (bicyclic) bond motifs is 1. The predicted octanol–water partition coefficient (Wildman–Crippen LogP) is -8.53. The van der Waals surface area contributed by atoms with Crippen LogP contribution >= 0.6 is 0 Å². The van der Waals surface area contributed by atoms with Crippen molar-refractivity contribution in [2.75, 3.05) is 0 Å². The van der Waals surface area contributed by atoms with Crippen molar-refractivity contribution in [3.8, 4) is 0 Å². The minimum Gasteiger partial charge on any atom is -1.00 e. The Morgan fingerprint density at radius 1 is 0.647 bits per heavy atom. The normalized spacial score (nSPS) is 7.41. The molecule has 2 rings (SSSR count). The maximum atomic E-state index is 2.24. The third kappa shape index (κ3) is 6.33. The topological polar surface area (TPSA) is 0 Å². The van der Waals surface area contributed by atoms with Crippen LogP contribution in [0.25, 0.3) is 10.8 Å². The number of aryl methyl sites for hydroxylation is 2. The number of halogens is 4. The van der Waals surface area contributed by atoms with E-state index in [9.17, 15) is 0 Å². The summed E-state index contributed by atoms with van der Waals surface area (Å²) in [4.78, 5) is 0. The van der Waals surface area contributed by atoms with Gasteiger partial charge in [-0.05, 0) is 35.7 Å². The van der Waals surface area contributed by atoms with Gasteiger partial charge in [0.1, 0.15) is 0 Å². The van der Waals surface area contributed by atoms with Gasteiger partial charge in [-0.25, -0.2) is 0 Å². The quantitative estimate of drug-likeness (QED) is 0.416. The number of hydrogen-bond donors (Lipinski definition) is 0. The molecule has 0 unspecified atom stereocenters. The molecule has 2 aromatic rings. The summed E-state index contributed by atoms with van der Waals surface area (Å²) in [5.41, 5.74) is 2.74. The number of benzene rings is 2. The average Bonchev–Trinajstić information content (AvgIpc) is 2.07. The fourth-order valence-electron chi connectivity index (χ4n) is 1.47. The van der Waals surface area contributed by atoms with Gasteiger partial charge in [0.05, 0.1) is 0 Å². The molecule has 0 nitrogen and oxygen atoms in total. The Morgan fingerprint density at radius 2 is 0.941 bits per heavy atom. The van der Waals surface area contributed by atoms with Crippen LogP contribution in [0.4, 0.5) is 0 Å². The second kappa shape index (κ2) is 11.7. The second-order valence-corrected chi connectivity index (χ2v) is 3.28. The van der Waals surface area contributed by atoms with Crippen molar-refractivity contribution in [3.05, 3.63) is 47.5 Å². The molecule has 0 saturated carbocycles. The van der Waals surface area contributed by atoms with Crippen molar-refractivity contribution in [1.29, 1.82) is 0 Å².